The van der Waals surface area contributed by atoms with Crippen molar-refractivity contribution in [3.05, 3.63) is 67.6 Å². The predicted molar refractivity (Wildman–Crippen MR) is 86.5 cm³/mol. The summed E-state index contributed by atoms with van der Waals surface area (Å²) < 4.78 is 0. The van der Waals surface area contributed by atoms with Crippen LogP contribution in [0.4, 0.5) is 0 Å². The summed E-state index contributed by atoms with van der Waals surface area (Å²) in [6.45, 7) is -0.0671. The highest BCUT2D eigenvalue weighted by molar-refractivity contribution is 6.36. The first-order valence-electron chi connectivity index (χ1n) is 6.01. The van der Waals surface area contributed by atoms with Crippen LogP contribution in [0.25, 0.3) is 0 Å². The van der Waals surface area contributed by atoms with Crippen LogP contribution in [-0.2, 0) is 6.42 Å². The van der Waals surface area contributed by atoms with Crippen LogP contribution < -0.4 is 0 Å². The lowest BCUT2D eigenvalue weighted by Gasteiger charge is -2.18. The highest BCUT2D eigenvalue weighted by atomic mass is 35.5. The minimum Gasteiger partial charge on any atom is -0.396 e. The van der Waals surface area contributed by atoms with E-state index >= 15 is 0 Å². The molecule has 2 aromatic carbocycles. The Morgan fingerprint density at radius 1 is 0.900 bits per heavy atom. The summed E-state index contributed by atoms with van der Waals surface area (Å²) in [5, 5.41) is 11.9. The van der Waals surface area contributed by atoms with Crippen molar-refractivity contribution in [1.29, 1.82) is 0 Å². The van der Waals surface area contributed by atoms with E-state index in [9.17, 15) is 5.11 Å². The molecule has 0 aliphatic rings. The summed E-state index contributed by atoms with van der Waals surface area (Å²) in [4.78, 5) is 0. The Morgan fingerprint density at radius 3 is 2.10 bits per heavy atom. The number of hydrogen-bond acceptors (Lipinski definition) is 1. The molecule has 1 unspecified atom stereocenters. The molecule has 0 heterocycles. The number of rotatable bonds is 4. The molecule has 1 nitrogen and oxygen atoms in total. The van der Waals surface area contributed by atoms with Crippen LogP contribution >= 0.6 is 46.4 Å². The summed E-state index contributed by atoms with van der Waals surface area (Å²) in [6.07, 6.45) is 0.538. The fourth-order valence-corrected chi connectivity index (χ4v) is 3.30. The number of benzene rings is 2. The fraction of sp³-hybridized carbons (Fsp3) is 0.200. The van der Waals surface area contributed by atoms with E-state index in [4.69, 9.17) is 46.4 Å². The lowest BCUT2D eigenvalue weighted by molar-refractivity contribution is 0.264. The van der Waals surface area contributed by atoms with E-state index in [0.717, 1.165) is 11.1 Å². The van der Waals surface area contributed by atoms with Crippen LogP contribution in [0.15, 0.2) is 36.4 Å². The maximum Gasteiger partial charge on any atom is 0.0504 e. The van der Waals surface area contributed by atoms with Crippen molar-refractivity contribution in [2.75, 3.05) is 6.61 Å². The molecule has 1 N–H and O–H groups in total. The SMILES string of the molecule is OCC(Cc1ccc(Cl)cc1Cl)c1c(Cl)cccc1Cl. The quantitative estimate of drug-likeness (QED) is 0.759. The molecule has 0 bridgehead atoms. The van der Waals surface area contributed by atoms with Crippen LogP contribution in [0.1, 0.15) is 17.0 Å². The van der Waals surface area contributed by atoms with Gasteiger partial charge in [-0.1, -0.05) is 58.5 Å². The number of aliphatic hydroxyl groups is 1. The van der Waals surface area contributed by atoms with Gasteiger partial charge in [0.05, 0.1) is 6.61 Å². The Morgan fingerprint density at radius 2 is 1.55 bits per heavy atom. The average molecular weight is 350 g/mol. The first-order chi connectivity index (χ1) is 9.52. The zero-order valence-electron chi connectivity index (χ0n) is 10.4. The minimum atomic E-state index is -0.213. The zero-order chi connectivity index (χ0) is 14.7. The zero-order valence-corrected chi connectivity index (χ0v) is 13.4. The molecule has 0 radical (unpaired) electrons. The molecule has 0 amide bonds. The summed E-state index contributed by atoms with van der Waals surface area (Å²) in [5.41, 5.74) is 1.63. The van der Waals surface area contributed by atoms with Gasteiger partial charge < -0.3 is 5.11 Å². The molecular weight excluding hydrogens is 338 g/mol. The van der Waals surface area contributed by atoms with Gasteiger partial charge in [0.15, 0.2) is 0 Å². The van der Waals surface area contributed by atoms with E-state index in [0.29, 0.717) is 26.5 Å². The van der Waals surface area contributed by atoms with E-state index in [1.165, 1.54) is 0 Å². The second-order valence-electron chi connectivity index (χ2n) is 4.45. The third-order valence-corrected chi connectivity index (χ3v) is 4.36. The fourth-order valence-electron chi connectivity index (χ4n) is 2.11. The summed E-state index contributed by atoms with van der Waals surface area (Å²) in [7, 11) is 0. The molecule has 0 aliphatic heterocycles. The summed E-state index contributed by atoms with van der Waals surface area (Å²) in [5.74, 6) is -0.213. The molecular formula is C15H12Cl4O. The Balaban J connectivity index is 2.34. The van der Waals surface area contributed by atoms with Crippen molar-refractivity contribution in [2.45, 2.75) is 12.3 Å². The van der Waals surface area contributed by atoms with Crippen molar-refractivity contribution in [3.63, 3.8) is 0 Å². The smallest absolute Gasteiger partial charge is 0.0504 e. The molecule has 0 aromatic heterocycles. The van der Waals surface area contributed by atoms with Gasteiger partial charge in [-0.3, -0.25) is 0 Å². The van der Waals surface area contributed by atoms with Gasteiger partial charge >= 0.3 is 0 Å². The monoisotopic (exact) mass is 348 g/mol. The van der Waals surface area contributed by atoms with Crippen molar-refractivity contribution < 1.29 is 5.11 Å². The predicted octanol–water partition coefficient (Wildman–Crippen LogP) is 5.62. The van der Waals surface area contributed by atoms with Gasteiger partial charge in [-0.05, 0) is 41.8 Å². The third kappa shape index (κ3) is 3.60. The van der Waals surface area contributed by atoms with Crippen LogP contribution in [0, 0.1) is 0 Å². The van der Waals surface area contributed by atoms with Crippen LogP contribution in [-0.4, -0.2) is 11.7 Å². The van der Waals surface area contributed by atoms with E-state index in [1.54, 1.807) is 30.3 Å². The summed E-state index contributed by atoms with van der Waals surface area (Å²) >= 11 is 24.4. The third-order valence-electron chi connectivity index (χ3n) is 3.11. The molecule has 0 aliphatic carbocycles. The molecule has 1 atom stereocenters. The van der Waals surface area contributed by atoms with Crippen molar-refractivity contribution >= 4 is 46.4 Å². The first kappa shape index (κ1) is 15.9. The van der Waals surface area contributed by atoms with E-state index in [1.807, 2.05) is 6.07 Å². The van der Waals surface area contributed by atoms with E-state index in [2.05, 4.69) is 0 Å². The molecule has 106 valence electrons. The van der Waals surface area contributed by atoms with Gasteiger partial charge in [0.2, 0.25) is 0 Å². The molecule has 0 saturated heterocycles. The van der Waals surface area contributed by atoms with Crippen LogP contribution in [0.3, 0.4) is 0 Å². The lowest BCUT2D eigenvalue weighted by Crippen LogP contribution is -2.09. The number of aliphatic hydroxyl groups excluding tert-OH is 1. The van der Waals surface area contributed by atoms with Gasteiger partial charge in [0.1, 0.15) is 0 Å². The minimum absolute atomic E-state index is 0.0671. The lowest BCUT2D eigenvalue weighted by atomic mass is 9.92. The van der Waals surface area contributed by atoms with E-state index in [-0.39, 0.29) is 12.5 Å². The molecule has 20 heavy (non-hydrogen) atoms. The second kappa shape index (κ2) is 7.02. The second-order valence-corrected chi connectivity index (χ2v) is 6.11. The molecule has 2 aromatic rings. The van der Waals surface area contributed by atoms with Crippen molar-refractivity contribution in [2.24, 2.45) is 0 Å². The van der Waals surface area contributed by atoms with Crippen LogP contribution in [0.2, 0.25) is 20.1 Å². The van der Waals surface area contributed by atoms with Gasteiger partial charge in [-0.25, -0.2) is 0 Å². The summed E-state index contributed by atoms with van der Waals surface area (Å²) in [6, 6.07) is 10.6. The largest absolute Gasteiger partial charge is 0.396 e. The van der Waals surface area contributed by atoms with Gasteiger partial charge in [0, 0.05) is 26.0 Å². The number of hydrogen-bond donors (Lipinski definition) is 1. The van der Waals surface area contributed by atoms with E-state index < -0.39 is 0 Å². The Hall–Kier alpha value is -0.440. The molecule has 5 heteroatoms. The normalized spacial score (nSPS) is 12.4. The van der Waals surface area contributed by atoms with Crippen molar-refractivity contribution in [3.8, 4) is 0 Å². The number of halogens is 4. The van der Waals surface area contributed by atoms with Gasteiger partial charge in [-0.15, -0.1) is 0 Å². The Bertz CT molecular complexity index is 593. The van der Waals surface area contributed by atoms with Gasteiger partial charge in [-0.2, -0.15) is 0 Å². The Kier molecular flexibility index (Phi) is 5.59. The highest BCUT2D eigenvalue weighted by Crippen LogP contribution is 2.35. The maximum absolute atomic E-state index is 9.65. The Labute approximate surface area is 138 Å². The molecule has 0 saturated carbocycles. The van der Waals surface area contributed by atoms with Gasteiger partial charge in [0.25, 0.3) is 0 Å². The standard InChI is InChI=1S/C15H12Cl4O/c16-11-5-4-9(14(19)7-11)6-10(8-20)15-12(17)2-1-3-13(15)18/h1-5,7,10,20H,6,8H2. The molecule has 0 spiro atoms. The highest BCUT2D eigenvalue weighted by Gasteiger charge is 2.19. The molecule has 0 fully saturated rings. The average Bonchev–Trinajstić information content (AvgIpc) is 2.39. The first-order valence-corrected chi connectivity index (χ1v) is 7.52. The molecule has 2 rings (SSSR count). The maximum atomic E-state index is 9.65. The topological polar surface area (TPSA) is 20.2 Å². The van der Waals surface area contributed by atoms with Crippen molar-refractivity contribution in [1.82, 2.24) is 0 Å². The van der Waals surface area contributed by atoms with Crippen LogP contribution in [0.5, 0.6) is 0 Å².